The Balaban J connectivity index is 0.000000461. The van der Waals surface area contributed by atoms with Gasteiger partial charge in [0.2, 0.25) is 0 Å². The van der Waals surface area contributed by atoms with Crippen LogP contribution >= 0.6 is 0 Å². The third kappa shape index (κ3) is 2.15. The monoisotopic (exact) mass is 197 g/mol. The molecule has 0 radical (unpaired) electrons. The lowest BCUT2D eigenvalue weighted by Gasteiger charge is -2.02. The largest absolute Gasteiger partial charge is 0.381 e. The molecule has 0 aliphatic carbocycles. The van der Waals surface area contributed by atoms with Gasteiger partial charge in [0.25, 0.3) is 0 Å². The van der Waals surface area contributed by atoms with Crippen LogP contribution in [0.3, 0.4) is 0 Å². The van der Waals surface area contributed by atoms with Gasteiger partial charge in [0.15, 0.2) is 0 Å². The summed E-state index contributed by atoms with van der Waals surface area (Å²) in [7, 11) is 0. The second kappa shape index (κ2) is 5.15. The topological polar surface area (TPSA) is 35.3 Å². The zero-order valence-corrected chi connectivity index (χ0v) is 9.46. The van der Waals surface area contributed by atoms with Crippen molar-refractivity contribution < 1.29 is 9.26 Å². The molecule has 2 heterocycles. The molecule has 1 aliphatic rings. The molecule has 1 atom stereocenters. The maximum Gasteiger partial charge on any atom is 0.136 e. The second-order valence-corrected chi connectivity index (χ2v) is 3.31. The van der Waals surface area contributed by atoms with E-state index in [2.05, 4.69) is 12.1 Å². The lowest BCUT2D eigenvalue weighted by atomic mass is 10.0. The Hall–Kier alpha value is -0.830. The second-order valence-electron chi connectivity index (χ2n) is 3.31. The summed E-state index contributed by atoms with van der Waals surface area (Å²) >= 11 is 0. The summed E-state index contributed by atoms with van der Waals surface area (Å²) in [4.78, 5) is 0. The lowest BCUT2D eigenvalue weighted by Crippen LogP contribution is -1.99. The first-order valence-corrected chi connectivity index (χ1v) is 5.29. The van der Waals surface area contributed by atoms with Crippen LogP contribution in [-0.4, -0.2) is 18.4 Å². The van der Waals surface area contributed by atoms with Crippen LogP contribution in [0.1, 0.15) is 43.2 Å². The molecule has 0 spiro atoms. The van der Waals surface area contributed by atoms with Crippen molar-refractivity contribution in [1.29, 1.82) is 0 Å². The van der Waals surface area contributed by atoms with Crippen LogP contribution in [0.4, 0.5) is 0 Å². The summed E-state index contributed by atoms with van der Waals surface area (Å²) < 4.78 is 10.4. The molecule has 1 aromatic heterocycles. The van der Waals surface area contributed by atoms with E-state index < -0.39 is 0 Å². The summed E-state index contributed by atoms with van der Waals surface area (Å²) in [6.45, 7) is 9.66. The van der Waals surface area contributed by atoms with Gasteiger partial charge in [0.1, 0.15) is 5.76 Å². The quantitative estimate of drug-likeness (QED) is 0.694. The molecule has 0 N–H and O–H groups in total. The molecular formula is C11H19NO2. The number of aromatic nitrogens is 1. The Morgan fingerprint density at radius 2 is 2.00 bits per heavy atom. The highest BCUT2D eigenvalue weighted by Gasteiger charge is 2.23. The number of ether oxygens (including phenoxy) is 1. The third-order valence-corrected chi connectivity index (χ3v) is 2.51. The van der Waals surface area contributed by atoms with Crippen molar-refractivity contribution in [3.05, 3.63) is 17.0 Å². The van der Waals surface area contributed by atoms with Gasteiger partial charge in [-0.3, -0.25) is 0 Å². The summed E-state index contributed by atoms with van der Waals surface area (Å²) in [5.41, 5.74) is 2.27. The smallest absolute Gasteiger partial charge is 0.136 e. The maximum atomic E-state index is 5.29. The van der Waals surface area contributed by atoms with E-state index in [4.69, 9.17) is 9.26 Å². The van der Waals surface area contributed by atoms with E-state index in [9.17, 15) is 0 Å². The van der Waals surface area contributed by atoms with E-state index in [1.807, 2.05) is 20.8 Å². The minimum absolute atomic E-state index is 0.461. The van der Waals surface area contributed by atoms with Crippen LogP contribution in [0.15, 0.2) is 4.52 Å². The van der Waals surface area contributed by atoms with Crippen molar-refractivity contribution >= 4 is 0 Å². The van der Waals surface area contributed by atoms with Crippen molar-refractivity contribution in [2.24, 2.45) is 0 Å². The first kappa shape index (κ1) is 11.2. The molecule has 0 saturated carbocycles. The highest BCUT2D eigenvalue weighted by atomic mass is 16.5. The van der Waals surface area contributed by atoms with Gasteiger partial charge in [-0.25, -0.2) is 0 Å². The summed E-state index contributed by atoms with van der Waals surface area (Å²) in [6.07, 6.45) is 1.08. The van der Waals surface area contributed by atoms with Crippen LogP contribution in [0.25, 0.3) is 0 Å². The fourth-order valence-corrected chi connectivity index (χ4v) is 1.57. The van der Waals surface area contributed by atoms with E-state index in [0.717, 1.165) is 31.1 Å². The average Bonchev–Trinajstić information content (AvgIpc) is 2.82. The first-order valence-electron chi connectivity index (χ1n) is 5.29. The SMILES string of the molecule is CC.Cc1onc(C2CCOC2)c1C. The van der Waals surface area contributed by atoms with Gasteiger partial charge in [-0.2, -0.15) is 0 Å². The maximum absolute atomic E-state index is 5.29. The van der Waals surface area contributed by atoms with Crippen molar-refractivity contribution in [3.8, 4) is 0 Å². The van der Waals surface area contributed by atoms with E-state index in [1.165, 1.54) is 5.56 Å². The molecule has 80 valence electrons. The fraction of sp³-hybridized carbons (Fsp3) is 0.727. The summed E-state index contributed by atoms with van der Waals surface area (Å²) in [5.74, 6) is 1.39. The highest BCUT2D eigenvalue weighted by Crippen LogP contribution is 2.27. The molecule has 1 aliphatic heterocycles. The zero-order chi connectivity index (χ0) is 10.6. The van der Waals surface area contributed by atoms with Gasteiger partial charge in [-0.15, -0.1) is 0 Å². The van der Waals surface area contributed by atoms with Gasteiger partial charge < -0.3 is 9.26 Å². The molecule has 2 rings (SSSR count). The van der Waals surface area contributed by atoms with Crippen molar-refractivity contribution in [3.63, 3.8) is 0 Å². The molecule has 0 bridgehead atoms. The van der Waals surface area contributed by atoms with E-state index in [0.29, 0.717) is 5.92 Å². The van der Waals surface area contributed by atoms with Crippen LogP contribution in [0.5, 0.6) is 0 Å². The van der Waals surface area contributed by atoms with Gasteiger partial charge in [-0.05, 0) is 20.3 Å². The molecule has 14 heavy (non-hydrogen) atoms. The molecular weight excluding hydrogens is 178 g/mol. The molecule has 0 aromatic carbocycles. The normalized spacial score (nSPS) is 20.4. The van der Waals surface area contributed by atoms with Gasteiger partial charge in [0.05, 0.1) is 12.3 Å². The Labute approximate surface area is 85.4 Å². The van der Waals surface area contributed by atoms with Crippen LogP contribution in [-0.2, 0) is 4.74 Å². The Kier molecular flexibility index (Phi) is 4.14. The first-order chi connectivity index (χ1) is 6.79. The molecule has 3 heteroatoms. The van der Waals surface area contributed by atoms with Crippen molar-refractivity contribution in [2.75, 3.05) is 13.2 Å². The van der Waals surface area contributed by atoms with Gasteiger partial charge >= 0.3 is 0 Å². The number of aryl methyl sites for hydroxylation is 1. The minimum atomic E-state index is 0.461. The van der Waals surface area contributed by atoms with E-state index in [-0.39, 0.29) is 0 Å². The Morgan fingerprint density at radius 3 is 2.43 bits per heavy atom. The molecule has 3 nitrogen and oxygen atoms in total. The predicted molar refractivity (Wildman–Crippen MR) is 55.5 cm³/mol. The lowest BCUT2D eigenvalue weighted by molar-refractivity contribution is 0.193. The van der Waals surface area contributed by atoms with Gasteiger partial charge in [-0.1, -0.05) is 19.0 Å². The average molecular weight is 197 g/mol. The molecule has 1 unspecified atom stereocenters. The van der Waals surface area contributed by atoms with Gasteiger partial charge in [0, 0.05) is 18.1 Å². The highest BCUT2D eigenvalue weighted by molar-refractivity contribution is 5.23. The standard InChI is InChI=1S/C9H13NO2.C2H6/c1-6-7(2)12-10-9(6)8-3-4-11-5-8;1-2/h8H,3-5H2,1-2H3;1-2H3. The van der Waals surface area contributed by atoms with Crippen LogP contribution < -0.4 is 0 Å². The van der Waals surface area contributed by atoms with Crippen molar-refractivity contribution in [2.45, 2.75) is 40.0 Å². The number of rotatable bonds is 1. The number of nitrogens with zero attached hydrogens (tertiary/aromatic N) is 1. The Morgan fingerprint density at radius 1 is 1.29 bits per heavy atom. The third-order valence-electron chi connectivity index (χ3n) is 2.51. The molecule has 1 fully saturated rings. The fourth-order valence-electron chi connectivity index (χ4n) is 1.57. The summed E-state index contributed by atoms with van der Waals surface area (Å²) in [6, 6.07) is 0. The zero-order valence-electron chi connectivity index (χ0n) is 9.46. The minimum Gasteiger partial charge on any atom is -0.381 e. The molecule has 0 amide bonds. The predicted octanol–water partition coefficient (Wildman–Crippen LogP) is 2.82. The molecule has 1 saturated heterocycles. The van der Waals surface area contributed by atoms with E-state index in [1.54, 1.807) is 0 Å². The van der Waals surface area contributed by atoms with E-state index >= 15 is 0 Å². The van der Waals surface area contributed by atoms with Crippen molar-refractivity contribution in [1.82, 2.24) is 5.16 Å². The number of hydrogen-bond donors (Lipinski definition) is 0. The number of hydrogen-bond acceptors (Lipinski definition) is 3. The van der Waals surface area contributed by atoms with Crippen LogP contribution in [0.2, 0.25) is 0 Å². The van der Waals surface area contributed by atoms with Crippen LogP contribution in [0, 0.1) is 13.8 Å². The Bertz CT molecular complexity index is 275. The molecule has 1 aromatic rings. The summed E-state index contributed by atoms with van der Waals surface area (Å²) in [5, 5.41) is 4.04.